The number of aromatic nitrogens is 1. The van der Waals surface area contributed by atoms with Gasteiger partial charge < -0.3 is 28.4 Å². The number of methoxy groups -OCH3 is 1. The lowest BCUT2D eigenvalue weighted by molar-refractivity contribution is 0.0244. The number of ether oxygens (including phenoxy) is 4. The van der Waals surface area contributed by atoms with Crippen LogP contribution in [0.25, 0.3) is 10.9 Å². The first-order chi connectivity index (χ1) is 25.0. The summed E-state index contributed by atoms with van der Waals surface area (Å²) in [6, 6.07) is 30.2. The molecule has 1 atom stereocenters. The van der Waals surface area contributed by atoms with Crippen LogP contribution in [-0.2, 0) is 16.9 Å². The van der Waals surface area contributed by atoms with Gasteiger partial charge in [0.25, 0.3) is 0 Å². The molecule has 0 spiro atoms. The minimum Gasteiger partial charge on any atom is -0.493 e. The second-order valence-electron chi connectivity index (χ2n) is 13.2. The van der Waals surface area contributed by atoms with Crippen molar-refractivity contribution in [1.82, 2.24) is 4.57 Å². The van der Waals surface area contributed by atoms with Crippen molar-refractivity contribution in [3.8, 4) is 17.2 Å². The molecule has 7 nitrogen and oxygen atoms in total. The van der Waals surface area contributed by atoms with E-state index >= 15 is 0 Å². The fourth-order valence-corrected chi connectivity index (χ4v) is 7.70. The zero-order valence-electron chi connectivity index (χ0n) is 30.9. The van der Waals surface area contributed by atoms with E-state index in [4.69, 9.17) is 18.9 Å². The molecule has 4 aromatic carbocycles. The van der Waals surface area contributed by atoms with Crippen molar-refractivity contribution >= 4 is 22.6 Å². The molecule has 0 fully saturated rings. The van der Waals surface area contributed by atoms with E-state index in [2.05, 4.69) is 79.6 Å². The Hall–Kier alpha value is -4.91. The van der Waals surface area contributed by atoms with E-state index in [9.17, 15) is 4.79 Å². The number of aryl methyl sites for hydroxylation is 1. The van der Waals surface area contributed by atoms with Gasteiger partial charge >= 0.3 is 5.97 Å². The number of carbonyl (C=O) groups is 1. The van der Waals surface area contributed by atoms with Crippen molar-refractivity contribution < 1.29 is 23.7 Å². The van der Waals surface area contributed by atoms with Crippen molar-refractivity contribution in [2.45, 2.75) is 78.4 Å². The van der Waals surface area contributed by atoms with Crippen molar-refractivity contribution in [2.75, 3.05) is 38.3 Å². The highest BCUT2D eigenvalue weighted by Gasteiger charge is 2.52. The van der Waals surface area contributed by atoms with E-state index in [0.29, 0.717) is 29.4 Å². The first kappa shape index (κ1) is 35.9. The number of cyclic esters (lactones) is 1. The number of anilines is 1. The second kappa shape index (κ2) is 16.4. The predicted octanol–water partition coefficient (Wildman–Crippen LogP) is 10.1. The summed E-state index contributed by atoms with van der Waals surface area (Å²) >= 11 is 0. The Morgan fingerprint density at radius 2 is 1.39 bits per heavy atom. The van der Waals surface area contributed by atoms with Gasteiger partial charge in [0.05, 0.1) is 12.7 Å². The van der Waals surface area contributed by atoms with Gasteiger partial charge in [0, 0.05) is 64.7 Å². The molecule has 2 heterocycles. The molecule has 268 valence electrons. The number of hydrogen-bond acceptors (Lipinski definition) is 6. The summed E-state index contributed by atoms with van der Waals surface area (Å²) in [5, 5.41) is 1.07. The maximum atomic E-state index is 13.9. The molecule has 0 saturated heterocycles. The van der Waals surface area contributed by atoms with Gasteiger partial charge in [-0.1, -0.05) is 87.6 Å². The lowest BCUT2D eigenvalue weighted by Gasteiger charge is -2.33. The van der Waals surface area contributed by atoms with Gasteiger partial charge in [0.2, 0.25) is 0 Å². The summed E-state index contributed by atoms with van der Waals surface area (Å²) in [6.45, 7) is 11.9. The van der Waals surface area contributed by atoms with Crippen LogP contribution in [0.1, 0.15) is 92.0 Å². The average molecular weight is 689 g/mol. The number of carbonyl (C=O) groups excluding carboxylic acids is 1. The largest absolute Gasteiger partial charge is 0.493 e. The summed E-state index contributed by atoms with van der Waals surface area (Å²) in [5.74, 6) is 1.64. The Kier molecular flexibility index (Phi) is 11.5. The van der Waals surface area contributed by atoms with Crippen LogP contribution in [0.5, 0.6) is 17.2 Å². The van der Waals surface area contributed by atoms with Crippen LogP contribution in [0.2, 0.25) is 0 Å². The number of esters is 1. The maximum absolute atomic E-state index is 13.9. The highest BCUT2D eigenvalue weighted by atomic mass is 16.6. The van der Waals surface area contributed by atoms with Crippen LogP contribution in [0.4, 0.5) is 5.69 Å². The van der Waals surface area contributed by atoms with Gasteiger partial charge in [-0.25, -0.2) is 4.79 Å². The van der Waals surface area contributed by atoms with Crippen molar-refractivity contribution in [2.24, 2.45) is 0 Å². The van der Waals surface area contributed by atoms with Crippen LogP contribution >= 0.6 is 0 Å². The Bertz CT molecular complexity index is 1940. The number of fused-ring (bicyclic) bond motifs is 2. The fraction of sp³-hybridized carbons (Fsp3) is 0.386. The Morgan fingerprint density at radius 1 is 0.725 bits per heavy atom. The topological polar surface area (TPSA) is 62.2 Å². The van der Waals surface area contributed by atoms with Gasteiger partial charge in [0.15, 0.2) is 17.1 Å². The summed E-state index contributed by atoms with van der Waals surface area (Å²) in [6.07, 6.45) is 7.32. The molecule has 1 aliphatic heterocycles. The first-order valence-electron chi connectivity index (χ1n) is 18.7. The first-order valence-corrected chi connectivity index (χ1v) is 18.7. The molecule has 1 aliphatic rings. The predicted molar refractivity (Wildman–Crippen MR) is 206 cm³/mol. The quantitative estimate of drug-likeness (QED) is 0.0675. The van der Waals surface area contributed by atoms with Gasteiger partial charge in [-0.3, -0.25) is 0 Å². The molecular formula is C44H52N2O5. The number of rotatable bonds is 18. The monoisotopic (exact) mass is 688 g/mol. The normalized spacial score (nSPS) is 15.1. The maximum Gasteiger partial charge on any atom is 0.340 e. The number of unbranched alkanes of at least 4 members (excludes halogenated alkanes) is 5. The molecule has 1 aromatic heterocycles. The van der Waals surface area contributed by atoms with E-state index in [1.54, 1.807) is 7.11 Å². The molecule has 0 N–H and O–H groups in total. The van der Waals surface area contributed by atoms with Gasteiger partial charge in [-0.15, -0.1) is 0 Å². The zero-order valence-corrected chi connectivity index (χ0v) is 30.9. The third-order valence-corrected chi connectivity index (χ3v) is 10.2. The number of hydrogen-bond donors (Lipinski definition) is 0. The molecule has 51 heavy (non-hydrogen) atoms. The third-order valence-electron chi connectivity index (χ3n) is 10.2. The van der Waals surface area contributed by atoms with Gasteiger partial charge in [-0.2, -0.15) is 0 Å². The molecule has 7 heteroatoms. The summed E-state index contributed by atoms with van der Waals surface area (Å²) < 4.78 is 27.5. The zero-order chi connectivity index (χ0) is 35.8. The van der Waals surface area contributed by atoms with Crippen molar-refractivity contribution in [3.63, 3.8) is 0 Å². The lowest BCUT2D eigenvalue weighted by atomic mass is 9.78. The SMILES string of the molecule is CCCCCCCCn1c(C)c(C2(c3ccc(N(CC)CC)cc3OCCOc3ccccc3OC)OC(=O)c3ccccc32)c2ccccc21. The number of benzene rings is 4. The molecule has 0 bridgehead atoms. The minimum absolute atomic E-state index is 0.275. The Morgan fingerprint density at radius 3 is 2.16 bits per heavy atom. The van der Waals surface area contributed by atoms with Gasteiger partial charge in [0.1, 0.15) is 19.0 Å². The van der Waals surface area contributed by atoms with E-state index in [1.807, 2.05) is 48.5 Å². The standard InChI is InChI=1S/C44H52N2O5/c1-6-9-10-11-12-19-28-46-32(4)42(35-21-14-16-23-38(35)46)44(36-22-15-13-20-34(36)43(47)51-44)37-27-26-33(45(7-2)8-3)31-41(37)50-30-29-49-40-25-18-17-24-39(40)48-5/h13-18,20-27,31H,6-12,19,28-30H2,1-5H3. The van der Waals surface area contributed by atoms with Crippen LogP contribution in [0.15, 0.2) is 91.0 Å². The average Bonchev–Trinajstić information content (AvgIpc) is 3.62. The highest BCUT2D eigenvalue weighted by Crippen LogP contribution is 2.53. The molecule has 5 aromatic rings. The van der Waals surface area contributed by atoms with E-state index in [-0.39, 0.29) is 12.6 Å². The van der Waals surface area contributed by atoms with Crippen LogP contribution in [-0.4, -0.2) is 43.9 Å². The van der Waals surface area contributed by atoms with Crippen molar-refractivity contribution in [3.05, 3.63) is 119 Å². The number of nitrogens with zero attached hydrogens (tertiary/aromatic N) is 2. The minimum atomic E-state index is -1.23. The van der Waals surface area contributed by atoms with Crippen LogP contribution < -0.4 is 19.1 Å². The van der Waals surface area contributed by atoms with Gasteiger partial charge in [-0.05, 0) is 63.6 Å². The van der Waals surface area contributed by atoms with Crippen LogP contribution in [0.3, 0.4) is 0 Å². The van der Waals surface area contributed by atoms with E-state index in [1.165, 1.54) is 32.1 Å². The van der Waals surface area contributed by atoms with E-state index < -0.39 is 5.60 Å². The molecule has 0 radical (unpaired) electrons. The molecule has 0 amide bonds. The summed E-state index contributed by atoms with van der Waals surface area (Å²) in [4.78, 5) is 16.2. The molecular weight excluding hydrogens is 636 g/mol. The summed E-state index contributed by atoms with van der Waals surface area (Å²) in [5.41, 5.74) is 5.21. The Balaban J connectivity index is 1.47. The van der Waals surface area contributed by atoms with Crippen LogP contribution in [0, 0.1) is 6.92 Å². The fourth-order valence-electron chi connectivity index (χ4n) is 7.70. The highest BCUT2D eigenvalue weighted by molar-refractivity contribution is 5.99. The second-order valence-corrected chi connectivity index (χ2v) is 13.2. The molecule has 0 aliphatic carbocycles. The van der Waals surface area contributed by atoms with E-state index in [0.717, 1.165) is 65.0 Å². The number of para-hydroxylation sites is 3. The third kappa shape index (κ3) is 7.03. The molecule has 6 rings (SSSR count). The molecule has 0 saturated carbocycles. The van der Waals surface area contributed by atoms with Crippen molar-refractivity contribution in [1.29, 1.82) is 0 Å². The lowest BCUT2D eigenvalue weighted by Crippen LogP contribution is -2.32. The smallest absolute Gasteiger partial charge is 0.340 e. The summed E-state index contributed by atoms with van der Waals surface area (Å²) in [7, 11) is 1.64. The Labute approximate surface area is 303 Å². The molecule has 1 unspecified atom stereocenters.